The molecule has 0 bridgehead atoms. The number of hydrogen-bond acceptors (Lipinski definition) is 6. The predicted octanol–water partition coefficient (Wildman–Crippen LogP) is 25.3. The van der Waals surface area contributed by atoms with Gasteiger partial charge in [0.15, 0.2) is 6.10 Å². The number of allylic oxidation sites excluding steroid dienone is 4. The summed E-state index contributed by atoms with van der Waals surface area (Å²) in [5.74, 6) is -0.827. The summed E-state index contributed by atoms with van der Waals surface area (Å²) < 4.78 is 17.0. The maximum atomic E-state index is 13.0. The molecule has 0 spiro atoms. The van der Waals surface area contributed by atoms with E-state index in [9.17, 15) is 14.4 Å². The van der Waals surface area contributed by atoms with E-state index in [1.165, 1.54) is 315 Å². The average Bonchev–Trinajstić information content (AvgIpc) is 3.46. The fourth-order valence-electron chi connectivity index (χ4n) is 11.4. The molecule has 0 aliphatic heterocycles. The standard InChI is InChI=1S/C75H142O6/c1-4-7-10-13-16-19-22-25-27-29-31-33-34-35-36-37-38-39-40-42-43-45-47-50-53-56-59-62-65-68-74(77)80-71-72(70-79-73(76)67-64-61-58-55-52-49-24-21-18-15-12-9-6-3)81-75(78)69-66-63-60-57-54-51-48-46-44-41-32-30-28-26-23-20-17-14-11-8-5-2/h22,25,29,31,72H,4-21,23-24,26-28,30,32-71H2,1-3H3/b25-22-,31-29-. The smallest absolute Gasteiger partial charge is 0.306 e. The first-order valence-electron chi connectivity index (χ1n) is 36.8. The third-order valence-electron chi connectivity index (χ3n) is 17.0. The van der Waals surface area contributed by atoms with E-state index < -0.39 is 6.10 Å². The zero-order valence-corrected chi connectivity index (χ0v) is 55.1. The second-order valence-electron chi connectivity index (χ2n) is 25.2. The molecule has 0 saturated heterocycles. The molecular formula is C75H142O6. The van der Waals surface area contributed by atoms with Crippen molar-refractivity contribution >= 4 is 17.9 Å². The van der Waals surface area contributed by atoms with Crippen molar-refractivity contribution in [3.05, 3.63) is 24.3 Å². The maximum absolute atomic E-state index is 13.0. The molecule has 0 heterocycles. The normalized spacial score (nSPS) is 12.1. The van der Waals surface area contributed by atoms with Crippen molar-refractivity contribution in [3.8, 4) is 0 Å². The molecule has 478 valence electrons. The van der Waals surface area contributed by atoms with Crippen molar-refractivity contribution in [2.75, 3.05) is 13.2 Å². The van der Waals surface area contributed by atoms with Crippen LogP contribution >= 0.6 is 0 Å². The number of carbonyl (C=O) groups excluding carboxylic acids is 3. The van der Waals surface area contributed by atoms with Crippen molar-refractivity contribution in [1.82, 2.24) is 0 Å². The van der Waals surface area contributed by atoms with Crippen LogP contribution in [-0.2, 0) is 28.6 Å². The molecule has 6 heteroatoms. The van der Waals surface area contributed by atoms with E-state index in [4.69, 9.17) is 14.2 Å². The van der Waals surface area contributed by atoms with Crippen LogP contribution < -0.4 is 0 Å². The molecule has 0 fully saturated rings. The van der Waals surface area contributed by atoms with Crippen LogP contribution in [0.15, 0.2) is 24.3 Å². The van der Waals surface area contributed by atoms with Gasteiger partial charge in [0.2, 0.25) is 0 Å². The van der Waals surface area contributed by atoms with Gasteiger partial charge in [-0.3, -0.25) is 14.4 Å². The molecule has 0 amide bonds. The van der Waals surface area contributed by atoms with Crippen LogP contribution in [0.2, 0.25) is 0 Å². The molecule has 0 radical (unpaired) electrons. The second-order valence-corrected chi connectivity index (χ2v) is 25.2. The van der Waals surface area contributed by atoms with Gasteiger partial charge in [-0.05, 0) is 51.4 Å². The summed E-state index contributed by atoms with van der Waals surface area (Å²) in [4.78, 5) is 38.4. The SMILES string of the molecule is CCCCCCC/C=C\C/C=C\CCCCCCCCCCCCCCCCCCCC(=O)OCC(COC(=O)CCCCCCCCCCCCCCC)OC(=O)CCCCCCCCCCCCCCCCCCCCCCC. The number of ether oxygens (including phenoxy) is 3. The van der Waals surface area contributed by atoms with Crippen molar-refractivity contribution in [1.29, 1.82) is 0 Å². The Morgan fingerprint density at radius 1 is 0.247 bits per heavy atom. The number of hydrogen-bond donors (Lipinski definition) is 0. The lowest BCUT2D eigenvalue weighted by Gasteiger charge is -2.18. The van der Waals surface area contributed by atoms with Crippen LogP contribution in [0, 0.1) is 0 Å². The minimum absolute atomic E-state index is 0.0631. The van der Waals surface area contributed by atoms with Crippen molar-refractivity contribution in [2.24, 2.45) is 0 Å². The van der Waals surface area contributed by atoms with Crippen LogP contribution in [-0.4, -0.2) is 37.2 Å². The van der Waals surface area contributed by atoms with Crippen LogP contribution in [0.3, 0.4) is 0 Å². The Bertz CT molecular complexity index is 1310. The summed E-state index contributed by atoms with van der Waals surface area (Å²) >= 11 is 0. The molecule has 0 N–H and O–H groups in total. The van der Waals surface area contributed by atoms with Crippen LogP contribution in [0.1, 0.15) is 419 Å². The van der Waals surface area contributed by atoms with Crippen molar-refractivity contribution in [3.63, 3.8) is 0 Å². The van der Waals surface area contributed by atoms with Gasteiger partial charge in [-0.1, -0.05) is 373 Å². The first kappa shape index (κ1) is 78.9. The Labute approximate surface area is 506 Å². The topological polar surface area (TPSA) is 78.9 Å². The Morgan fingerprint density at radius 3 is 0.679 bits per heavy atom. The number of rotatable bonds is 69. The van der Waals surface area contributed by atoms with E-state index in [0.29, 0.717) is 19.3 Å². The highest BCUT2D eigenvalue weighted by Gasteiger charge is 2.20. The summed E-state index contributed by atoms with van der Waals surface area (Å²) in [5, 5.41) is 0. The lowest BCUT2D eigenvalue weighted by molar-refractivity contribution is -0.167. The number of unbranched alkanes of at least 4 members (excludes halogenated alkanes) is 54. The Morgan fingerprint density at radius 2 is 0.444 bits per heavy atom. The van der Waals surface area contributed by atoms with Gasteiger partial charge < -0.3 is 14.2 Å². The predicted molar refractivity (Wildman–Crippen MR) is 353 cm³/mol. The van der Waals surface area contributed by atoms with Crippen molar-refractivity contribution in [2.45, 2.75) is 425 Å². The van der Waals surface area contributed by atoms with Gasteiger partial charge in [-0.25, -0.2) is 0 Å². The minimum Gasteiger partial charge on any atom is -0.462 e. The highest BCUT2D eigenvalue weighted by molar-refractivity contribution is 5.71. The van der Waals surface area contributed by atoms with Gasteiger partial charge in [0.25, 0.3) is 0 Å². The summed E-state index contributed by atoms with van der Waals surface area (Å²) in [6.07, 6.45) is 86.5. The van der Waals surface area contributed by atoms with Gasteiger partial charge in [0.05, 0.1) is 0 Å². The van der Waals surface area contributed by atoms with E-state index in [1.807, 2.05) is 0 Å². The van der Waals surface area contributed by atoms with E-state index in [2.05, 4.69) is 45.1 Å². The zero-order chi connectivity index (χ0) is 58.5. The Kier molecular flexibility index (Phi) is 68.5. The zero-order valence-electron chi connectivity index (χ0n) is 55.1. The summed E-state index contributed by atoms with van der Waals surface area (Å²) in [6, 6.07) is 0. The molecule has 0 rings (SSSR count). The van der Waals surface area contributed by atoms with Gasteiger partial charge in [0.1, 0.15) is 13.2 Å². The number of carbonyl (C=O) groups is 3. The van der Waals surface area contributed by atoms with E-state index in [-0.39, 0.29) is 31.1 Å². The third kappa shape index (κ3) is 68.6. The summed E-state index contributed by atoms with van der Waals surface area (Å²) in [6.45, 7) is 6.72. The van der Waals surface area contributed by atoms with Gasteiger partial charge in [0, 0.05) is 19.3 Å². The molecule has 1 atom stereocenters. The summed E-state index contributed by atoms with van der Waals surface area (Å²) in [7, 11) is 0. The molecule has 0 aromatic heterocycles. The summed E-state index contributed by atoms with van der Waals surface area (Å²) in [5.41, 5.74) is 0. The maximum Gasteiger partial charge on any atom is 0.306 e. The fourth-order valence-corrected chi connectivity index (χ4v) is 11.4. The highest BCUT2D eigenvalue weighted by atomic mass is 16.6. The molecule has 0 aromatic rings. The molecule has 0 aromatic carbocycles. The lowest BCUT2D eigenvalue weighted by atomic mass is 10.0. The van der Waals surface area contributed by atoms with E-state index in [0.717, 1.165) is 64.2 Å². The van der Waals surface area contributed by atoms with E-state index >= 15 is 0 Å². The number of esters is 3. The van der Waals surface area contributed by atoms with Crippen LogP contribution in [0.4, 0.5) is 0 Å². The van der Waals surface area contributed by atoms with Crippen molar-refractivity contribution < 1.29 is 28.6 Å². The monoisotopic (exact) mass is 1140 g/mol. The van der Waals surface area contributed by atoms with E-state index in [1.54, 1.807) is 0 Å². The fraction of sp³-hybridized carbons (Fsp3) is 0.907. The first-order valence-corrected chi connectivity index (χ1v) is 36.8. The van der Waals surface area contributed by atoms with Gasteiger partial charge >= 0.3 is 17.9 Å². The molecule has 0 aliphatic carbocycles. The molecule has 6 nitrogen and oxygen atoms in total. The van der Waals surface area contributed by atoms with Crippen LogP contribution in [0.5, 0.6) is 0 Å². The highest BCUT2D eigenvalue weighted by Crippen LogP contribution is 2.19. The molecule has 0 aliphatic rings. The Hall–Kier alpha value is -2.11. The second kappa shape index (κ2) is 70.4. The van der Waals surface area contributed by atoms with Crippen LogP contribution in [0.25, 0.3) is 0 Å². The largest absolute Gasteiger partial charge is 0.462 e. The first-order chi connectivity index (χ1) is 40.0. The molecule has 1 unspecified atom stereocenters. The molecule has 81 heavy (non-hydrogen) atoms. The minimum atomic E-state index is -0.766. The third-order valence-corrected chi connectivity index (χ3v) is 17.0. The lowest BCUT2D eigenvalue weighted by Crippen LogP contribution is -2.30. The molecule has 0 saturated carbocycles. The quantitative estimate of drug-likeness (QED) is 0.0261. The van der Waals surface area contributed by atoms with Gasteiger partial charge in [-0.2, -0.15) is 0 Å². The molecular weight excluding hydrogens is 997 g/mol. The van der Waals surface area contributed by atoms with Gasteiger partial charge in [-0.15, -0.1) is 0 Å². The Balaban J connectivity index is 4.17. The average molecular weight is 1140 g/mol.